The van der Waals surface area contributed by atoms with E-state index < -0.39 is 0 Å². The summed E-state index contributed by atoms with van der Waals surface area (Å²) in [5.41, 5.74) is 0. The van der Waals surface area contributed by atoms with E-state index in [-0.39, 0.29) is 37.1 Å². The molecular formula is C22H23Cl3N2O4. The first-order chi connectivity index (χ1) is 14.9. The second-order valence-corrected chi connectivity index (χ2v) is 8.57. The average Bonchev–Trinajstić information content (AvgIpc) is 2.74. The Morgan fingerprint density at radius 2 is 1.29 bits per heavy atom. The van der Waals surface area contributed by atoms with Crippen LogP contribution in [0.3, 0.4) is 0 Å². The molecule has 2 aromatic rings. The van der Waals surface area contributed by atoms with Gasteiger partial charge in [0.1, 0.15) is 11.5 Å². The van der Waals surface area contributed by atoms with E-state index in [0.29, 0.717) is 26.6 Å². The molecule has 0 bridgehead atoms. The number of hydrogen-bond donors (Lipinski definition) is 2. The first-order valence-electron chi connectivity index (χ1n) is 9.94. The molecule has 31 heavy (non-hydrogen) atoms. The van der Waals surface area contributed by atoms with Crippen molar-refractivity contribution >= 4 is 46.6 Å². The van der Waals surface area contributed by atoms with Crippen LogP contribution in [0.15, 0.2) is 42.5 Å². The molecule has 0 saturated heterocycles. The van der Waals surface area contributed by atoms with Gasteiger partial charge in [-0.1, -0.05) is 34.8 Å². The molecular weight excluding hydrogens is 463 g/mol. The van der Waals surface area contributed by atoms with E-state index in [1.807, 2.05) is 0 Å². The van der Waals surface area contributed by atoms with Gasteiger partial charge in [-0.15, -0.1) is 0 Å². The third-order valence-electron chi connectivity index (χ3n) is 4.89. The van der Waals surface area contributed by atoms with Crippen molar-refractivity contribution in [2.45, 2.75) is 37.8 Å². The van der Waals surface area contributed by atoms with Crippen molar-refractivity contribution in [2.75, 3.05) is 13.2 Å². The third-order valence-corrected chi connectivity index (χ3v) is 5.68. The fraction of sp³-hybridized carbons (Fsp3) is 0.364. The number of amides is 2. The molecule has 0 unspecified atom stereocenters. The third kappa shape index (κ3) is 7.80. The van der Waals surface area contributed by atoms with Crippen LogP contribution in [0.25, 0.3) is 0 Å². The van der Waals surface area contributed by atoms with Crippen LogP contribution in [0.1, 0.15) is 25.7 Å². The van der Waals surface area contributed by atoms with Crippen LogP contribution in [-0.4, -0.2) is 37.1 Å². The monoisotopic (exact) mass is 484 g/mol. The van der Waals surface area contributed by atoms with Crippen molar-refractivity contribution < 1.29 is 19.1 Å². The van der Waals surface area contributed by atoms with E-state index >= 15 is 0 Å². The van der Waals surface area contributed by atoms with Gasteiger partial charge in [-0.3, -0.25) is 9.59 Å². The molecule has 1 fully saturated rings. The molecule has 9 heteroatoms. The van der Waals surface area contributed by atoms with Gasteiger partial charge < -0.3 is 20.1 Å². The van der Waals surface area contributed by atoms with Gasteiger partial charge in [0.15, 0.2) is 13.2 Å². The maximum atomic E-state index is 12.2. The lowest BCUT2D eigenvalue weighted by molar-refractivity contribution is -0.125. The summed E-state index contributed by atoms with van der Waals surface area (Å²) in [7, 11) is 0. The number of halogens is 3. The van der Waals surface area contributed by atoms with E-state index in [1.54, 1.807) is 42.5 Å². The second-order valence-electron chi connectivity index (χ2n) is 7.29. The molecule has 3 rings (SSSR count). The molecule has 0 aromatic heterocycles. The van der Waals surface area contributed by atoms with E-state index in [9.17, 15) is 9.59 Å². The van der Waals surface area contributed by atoms with Gasteiger partial charge in [0.25, 0.3) is 11.8 Å². The SMILES string of the molecule is O=C(COc1ccc(Cl)cc1)NC1CCC(NC(=O)COc2ccc(Cl)cc2Cl)CC1. The Kier molecular flexibility index (Phi) is 8.69. The highest BCUT2D eigenvalue weighted by Crippen LogP contribution is 2.27. The molecule has 2 amide bonds. The molecule has 0 radical (unpaired) electrons. The van der Waals surface area contributed by atoms with Crippen molar-refractivity contribution in [3.8, 4) is 11.5 Å². The summed E-state index contributed by atoms with van der Waals surface area (Å²) in [5, 5.41) is 7.41. The Hall–Kier alpha value is -2.15. The lowest BCUT2D eigenvalue weighted by atomic mass is 9.91. The van der Waals surface area contributed by atoms with Crippen LogP contribution in [0, 0.1) is 0 Å². The summed E-state index contributed by atoms with van der Waals surface area (Å²) in [5.74, 6) is 0.618. The summed E-state index contributed by atoms with van der Waals surface area (Å²) in [6.45, 7) is -0.178. The van der Waals surface area contributed by atoms with E-state index in [0.717, 1.165) is 25.7 Å². The molecule has 1 aliphatic carbocycles. The van der Waals surface area contributed by atoms with E-state index in [4.69, 9.17) is 44.3 Å². The Bertz CT molecular complexity index is 900. The van der Waals surface area contributed by atoms with Gasteiger partial charge in [-0.25, -0.2) is 0 Å². The first-order valence-corrected chi connectivity index (χ1v) is 11.1. The smallest absolute Gasteiger partial charge is 0.258 e. The van der Waals surface area contributed by atoms with Crippen molar-refractivity contribution in [3.05, 3.63) is 57.5 Å². The molecule has 1 aliphatic rings. The number of carbonyl (C=O) groups excluding carboxylic acids is 2. The first kappa shape index (κ1) is 23.5. The Morgan fingerprint density at radius 3 is 1.84 bits per heavy atom. The van der Waals surface area contributed by atoms with Gasteiger partial charge >= 0.3 is 0 Å². The van der Waals surface area contributed by atoms with Gasteiger partial charge in [0, 0.05) is 22.1 Å². The Morgan fingerprint density at radius 1 is 0.774 bits per heavy atom. The highest BCUT2D eigenvalue weighted by Gasteiger charge is 2.24. The molecule has 0 aliphatic heterocycles. The van der Waals surface area contributed by atoms with Crippen molar-refractivity contribution in [1.29, 1.82) is 0 Å². The molecule has 166 valence electrons. The van der Waals surface area contributed by atoms with Gasteiger partial charge in [0.05, 0.1) is 5.02 Å². The summed E-state index contributed by atoms with van der Waals surface area (Å²) in [6.07, 6.45) is 3.11. The number of carbonyl (C=O) groups is 2. The minimum atomic E-state index is -0.213. The van der Waals surface area contributed by atoms with Crippen molar-refractivity contribution in [1.82, 2.24) is 10.6 Å². The van der Waals surface area contributed by atoms with Crippen LogP contribution in [0.4, 0.5) is 0 Å². The topological polar surface area (TPSA) is 76.7 Å². The number of rotatable bonds is 8. The zero-order valence-corrected chi connectivity index (χ0v) is 19.0. The lowest BCUT2D eigenvalue weighted by Gasteiger charge is -2.29. The summed E-state index contributed by atoms with van der Waals surface area (Å²) < 4.78 is 10.9. The number of benzene rings is 2. The quantitative estimate of drug-likeness (QED) is 0.571. The fourth-order valence-electron chi connectivity index (χ4n) is 3.34. The van der Waals surface area contributed by atoms with Crippen molar-refractivity contribution in [2.24, 2.45) is 0 Å². The maximum absolute atomic E-state index is 12.2. The standard InChI is InChI=1S/C22H23Cl3N2O4/c23-14-1-8-18(9-2-14)30-12-21(28)26-16-4-6-17(7-5-16)27-22(29)13-31-20-10-3-15(24)11-19(20)25/h1-3,8-11,16-17H,4-7,12-13H2,(H,26,28)(H,27,29). The van der Waals surface area contributed by atoms with Gasteiger partial charge in [-0.05, 0) is 68.1 Å². The Balaban J connectivity index is 1.32. The predicted octanol–water partition coefficient (Wildman–Crippen LogP) is 4.65. The number of nitrogens with one attached hydrogen (secondary N) is 2. The van der Waals surface area contributed by atoms with Crippen LogP contribution in [-0.2, 0) is 9.59 Å². The molecule has 6 nitrogen and oxygen atoms in total. The minimum Gasteiger partial charge on any atom is -0.484 e. The molecule has 2 aromatic carbocycles. The van der Waals surface area contributed by atoms with Gasteiger partial charge in [-0.2, -0.15) is 0 Å². The van der Waals surface area contributed by atoms with Crippen LogP contribution in [0.2, 0.25) is 15.1 Å². The summed E-state index contributed by atoms with van der Waals surface area (Å²) in [4.78, 5) is 24.3. The largest absolute Gasteiger partial charge is 0.484 e. The normalized spacial score (nSPS) is 18.2. The van der Waals surface area contributed by atoms with Gasteiger partial charge in [0.2, 0.25) is 0 Å². The summed E-state index contributed by atoms with van der Waals surface area (Å²) >= 11 is 17.7. The van der Waals surface area contributed by atoms with Crippen LogP contribution >= 0.6 is 34.8 Å². The zero-order chi connectivity index (χ0) is 22.2. The molecule has 0 heterocycles. The molecule has 2 N–H and O–H groups in total. The molecule has 0 atom stereocenters. The zero-order valence-electron chi connectivity index (χ0n) is 16.7. The van der Waals surface area contributed by atoms with E-state index in [1.165, 1.54) is 0 Å². The highest BCUT2D eigenvalue weighted by atomic mass is 35.5. The highest BCUT2D eigenvalue weighted by molar-refractivity contribution is 6.35. The average molecular weight is 486 g/mol. The second kappa shape index (κ2) is 11.5. The van der Waals surface area contributed by atoms with Crippen molar-refractivity contribution in [3.63, 3.8) is 0 Å². The molecule has 0 spiro atoms. The Labute approximate surface area is 196 Å². The minimum absolute atomic E-state index is 0.0512. The summed E-state index contributed by atoms with van der Waals surface area (Å²) in [6, 6.07) is 11.8. The lowest BCUT2D eigenvalue weighted by Crippen LogP contribution is -2.45. The maximum Gasteiger partial charge on any atom is 0.258 e. The fourth-order valence-corrected chi connectivity index (χ4v) is 3.93. The van der Waals surface area contributed by atoms with E-state index in [2.05, 4.69) is 10.6 Å². The number of ether oxygens (including phenoxy) is 2. The van der Waals surface area contributed by atoms with Crippen LogP contribution < -0.4 is 20.1 Å². The molecule has 1 saturated carbocycles. The van der Waals surface area contributed by atoms with Crippen LogP contribution in [0.5, 0.6) is 11.5 Å². The number of hydrogen-bond acceptors (Lipinski definition) is 4. The predicted molar refractivity (Wildman–Crippen MR) is 121 cm³/mol.